The number of hydrogen-bond donors (Lipinski definition) is 0. The molecule has 1 aromatic heterocycles. The predicted molar refractivity (Wildman–Crippen MR) is 220 cm³/mol. The van der Waals surface area contributed by atoms with E-state index in [4.69, 9.17) is 4.42 Å². The lowest BCUT2D eigenvalue weighted by molar-refractivity contribution is 0.669. The van der Waals surface area contributed by atoms with Crippen molar-refractivity contribution < 1.29 is 4.42 Å². The number of para-hydroxylation sites is 2. The van der Waals surface area contributed by atoms with E-state index in [2.05, 4.69) is 193 Å². The third-order valence-corrected chi connectivity index (χ3v) is 10.3. The highest BCUT2D eigenvalue weighted by molar-refractivity contribution is 6.10. The molecule has 0 saturated carbocycles. The monoisotopic (exact) mass is 663 g/mol. The third kappa shape index (κ3) is 5.04. The Balaban J connectivity index is 1.14. The van der Waals surface area contributed by atoms with Crippen LogP contribution in [0.15, 0.2) is 205 Å². The van der Waals surface area contributed by atoms with Crippen molar-refractivity contribution in [3.05, 3.63) is 200 Å². The lowest BCUT2D eigenvalue weighted by Gasteiger charge is -2.26. The minimum absolute atomic E-state index is 0.867. The van der Waals surface area contributed by atoms with E-state index in [0.717, 1.165) is 39.0 Å². The van der Waals surface area contributed by atoms with Gasteiger partial charge in [-0.2, -0.15) is 0 Å². The Hall–Kier alpha value is -6.90. The Morgan fingerprint density at radius 1 is 0.327 bits per heavy atom. The average Bonchev–Trinajstić information content (AvgIpc) is 3.61. The van der Waals surface area contributed by atoms with Crippen LogP contribution in [0.2, 0.25) is 0 Å². The van der Waals surface area contributed by atoms with E-state index < -0.39 is 0 Å². The van der Waals surface area contributed by atoms with Crippen molar-refractivity contribution in [2.24, 2.45) is 0 Å². The van der Waals surface area contributed by atoms with E-state index in [0.29, 0.717) is 0 Å². The van der Waals surface area contributed by atoms with E-state index in [9.17, 15) is 0 Å². The molecule has 0 aliphatic heterocycles. The zero-order chi connectivity index (χ0) is 34.4. The predicted octanol–water partition coefficient (Wildman–Crippen LogP) is 14.4. The lowest BCUT2D eigenvalue weighted by Crippen LogP contribution is -2.10. The van der Waals surface area contributed by atoms with E-state index in [1.54, 1.807) is 0 Å². The van der Waals surface area contributed by atoms with Gasteiger partial charge in [0.1, 0.15) is 5.58 Å². The zero-order valence-corrected chi connectivity index (χ0v) is 28.4. The highest BCUT2D eigenvalue weighted by Gasteiger charge is 2.20. The summed E-state index contributed by atoms with van der Waals surface area (Å²) in [5, 5.41) is 7.18. The molecule has 9 aromatic carbocycles. The van der Waals surface area contributed by atoms with Crippen LogP contribution in [-0.4, -0.2) is 0 Å². The highest BCUT2D eigenvalue weighted by atomic mass is 16.3. The van der Waals surface area contributed by atoms with Crippen molar-refractivity contribution in [3.63, 3.8) is 0 Å². The van der Waals surface area contributed by atoms with Crippen LogP contribution in [0.3, 0.4) is 0 Å². The molecular weight excluding hydrogens is 631 g/mol. The van der Waals surface area contributed by atoms with Crippen LogP contribution in [0.5, 0.6) is 0 Å². The van der Waals surface area contributed by atoms with Crippen LogP contribution in [0.1, 0.15) is 0 Å². The molecule has 2 heteroatoms. The summed E-state index contributed by atoms with van der Waals surface area (Å²) in [7, 11) is 0. The first-order valence-corrected chi connectivity index (χ1v) is 17.8. The van der Waals surface area contributed by atoms with Crippen LogP contribution < -0.4 is 4.90 Å². The van der Waals surface area contributed by atoms with Gasteiger partial charge in [0.25, 0.3) is 0 Å². The smallest absolute Gasteiger partial charge is 0.159 e. The molecule has 0 unspecified atom stereocenters. The average molecular weight is 664 g/mol. The molecule has 52 heavy (non-hydrogen) atoms. The fourth-order valence-corrected chi connectivity index (χ4v) is 7.82. The normalized spacial score (nSPS) is 11.5. The van der Waals surface area contributed by atoms with Gasteiger partial charge in [-0.25, -0.2) is 0 Å². The minimum Gasteiger partial charge on any atom is -0.454 e. The fourth-order valence-electron chi connectivity index (χ4n) is 7.82. The molecule has 0 radical (unpaired) electrons. The number of hydrogen-bond acceptors (Lipinski definition) is 2. The SMILES string of the molecule is c1ccc(-c2ccc3ccccc3c2-c2ccc(N(c3ccc(-c4cccc5ccccc45)cc3)c3cccc4c3oc3ccccc34)cc2)cc1. The van der Waals surface area contributed by atoms with Gasteiger partial charge in [-0.15, -0.1) is 0 Å². The molecule has 10 aromatic rings. The quantitative estimate of drug-likeness (QED) is 0.176. The number of benzene rings is 9. The van der Waals surface area contributed by atoms with Crippen molar-refractivity contribution in [1.29, 1.82) is 0 Å². The first-order chi connectivity index (χ1) is 25.8. The van der Waals surface area contributed by atoms with Gasteiger partial charge in [0, 0.05) is 22.1 Å². The van der Waals surface area contributed by atoms with E-state index in [1.807, 2.05) is 12.1 Å². The first kappa shape index (κ1) is 30.0. The summed E-state index contributed by atoms with van der Waals surface area (Å²) in [6, 6.07) is 71.6. The molecule has 0 saturated heterocycles. The molecule has 0 spiro atoms. The number of fused-ring (bicyclic) bond motifs is 5. The summed E-state index contributed by atoms with van der Waals surface area (Å²) >= 11 is 0. The maximum atomic E-state index is 6.61. The van der Waals surface area contributed by atoms with Gasteiger partial charge < -0.3 is 9.32 Å². The summed E-state index contributed by atoms with van der Waals surface area (Å²) in [6.07, 6.45) is 0. The van der Waals surface area contributed by atoms with Crippen LogP contribution in [0.25, 0.3) is 76.9 Å². The van der Waals surface area contributed by atoms with Crippen molar-refractivity contribution in [3.8, 4) is 33.4 Å². The largest absolute Gasteiger partial charge is 0.454 e. The second-order valence-corrected chi connectivity index (χ2v) is 13.3. The number of furan rings is 1. The molecule has 0 atom stereocenters. The Bertz CT molecular complexity index is 2880. The molecule has 0 aliphatic carbocycles. The van der Waals surface area contributed by atoms with Gasteiger partial charge in [-0.05, 0) is 91.3 Å². The van der Waals surface area contributed by atoms with Gasteiger partial charge in [0.15, 0.2) is 5.58 Å². The Kier molecular flexibility index (Phi) is 7.18. The van der Waals surface area contributed by atoms with Crippen molar-refractivity contribution in [2.75, 3.05) is 4.90 Å². The van der Waals surface area contributed by atoms with Crippen LogP contribution in [-0.2, 0) is 0 Å². The molecular formula is C50H33NO. The van der Waals surface area contributed by atoms with E-state index in [1.165, 1.54) is 54.9 Å². The molecule has 2 nitrogen and oxygen atoms in total. The number of nitrogens with zero attached hydrogens (tertiary/aromatic N) is 1. The van der Waals surface area contributed by atoms with Gasteiger partial charge in [-0.1, -0.05) is 164 Å². The second-order valence-electron chi connectivity index (χ2n) is 13.3. The van der Waals surface area contributed by atoms with Gasteiger partial charge in [-0.3, -0.25) is 0 Å². The fraction of sp³-hybridized carbons (Fsp3) is 0. The molecule has 1 heterocycles. The van der Waals surface area contributed by atoms with Gasteiger partial charge >= 0.3 is 0 Å². The van der Waals surface area contributed by atoms with Crippen LogP contribution in [0.4, 0.5) is 17.1 Å². The van der Waals surface area contributed by atoms with Crippen LogP contribution in [0, 0.1) is 0 Å². The third-order valence-electron chi connectivity index (χ3n) is 10.3. The molecule has 0 amide bonds. The highest BCUT2D eigenvalue weighted by Crippen LogP contribution is 2.44. The van der Waals surface area contributed by atoms with Crippen molar-refractivity contribution in [2.45, 2.75) is 0 Å². The standard InChI is InChI=1S/C50H33NO/c1-2-12-35(13-3-1)44-33-28-36-15-5-7-18-43(36)49(44)38-26-31-40(32-27-38)51(47-22-11-21-46-45-19-8-9-23-48(45)52-50(46)47)39-29-24-37(25-30-39)42-20-10-16-34-14-4-6-17-41(34)42/h1-33H. The maximum absolute atomic E-state index is 6.61. The minimum atomic E-state index is 0.867. The molecule has 0 aliphatic rings. The topological polar surface area (TPSA) is 16.4 Å². The number of anilines is 3. The van der Waals surface area contributed by atoms with Gasteiger partial charge in [0.05, 0.1) is 5.69 Å². The lowest BCUT2D eigenvalue weighted by atomic mass is 9.89. The van der Waals surface area contributed by atoms with Crippen molar-refractivity contribution in [1.82, 2.24) is 0 Å². The summed E-state index contributed by atoms with van der Waals surface area (Å²) in [5.41, 5.74) is 12.1. The summed E-state index contributed by atoms with van der Waals surface area (Å²) < 4.78 is 6.61. The van der Waals surface area contributed by atoms with E-state index in [-0.39, 0.29) is 0 Å². The molecule has 244 valence electrons. The Morgan fingerprint density at radius 3 is 1.65 bits per heavy atom. The maximum Gasteiger partial charge on any atom is 0.159 e. The summed E-state index contributed by atoms with van der Waals surface area (Å²) in [5.74, 6) is 0. The molecule has 10 rings (SSSR count). The van der Waals surface area contributed by atoms with Crippen LogP contribution >= 0.6 is 0 Å². The molecule has 0 bridgehead atoms. The molecule has 0 N–H and O–H groups in total. The Labute approximate surface area is 302 Å². The number of rotatable bonds is 6. The first-order valence-electron chi connectivity index (χ1n) is 17.8. The summed E-state index contributed by atoms with van der Waals surface area (Å²) in [6.45, 7) is 0. The second kappa shape index (κ2) is 12.5. The van der Waals surface area contributed by atoms with Crippen molar-refractivity contribution >= 4 is 60.5 Å². The summed E-state index contributed by atoms with van der Waals surface area (Å²) in [4.78, 5) is 2.32. The molecule has 0 fully saturated rings. The van der Waals surface area contributed by atoms with Gasteiger partial charge in [0.2, 0.25) is 0 Å². The van der Waals surface area contributed by atoms with E-state index >= 15 is 0 Å². The Morgan fingerprint density at radius 2 is 0.885 bits per heavy atom. The zero-order valence-electron chi connectivity index (χ0n) is 28.4.